The monoisotopic (exact) mass is 290 g/mol. The van der Waals surface area contributed by atoms with Gasteiger partial charge >= 0.3 is 0 Å². The fourth-order valence-electron chi connectivity index (χ4n) is 1.94. The molecule has 2 rings (SSSR count). The van der Waals surface area contributed by atoms with E-state index >= 15 is 0 Å². The van der Waals surface area contributed by atoms with Crippen LogP contribution in [0.3, 0.4) is 0 Å². The summed E-state index contributed by atoms with van der Waals surface area (Å²) in [5.74, 6) is 2.45. The highest BCUT2D eigenvalue weighted by molar-refractivity contribution is 6.30. The van der Waals surface area contributed by atoms with Gasteiger partial charge in [-0.25, -0.2) is 9.97 Å². The second kappa shape index (κ2) is 6.57. The molecular weight excluding hydrogens is 272 g/mol. The largest absolute Gasteiger partial charge is 0.373 e. The van der Waals surface area contributed by atoms with E-state index in [0.29, 0.717) is 0 Å². The van der Waals surface area contributed by atoms with Gasteiger partial charge in [-0.15, -0.1) is 0 Å². The van der Waals surface area contributed by atoms with Crippen molar-refractivity contribution in [1.29, 1.82) is 0 Å². The molecule has 0 amide bonds. The molecular formula is C15H19ClN4. The van der Waals surface area contributed by atoms with E-state index in [4.69, 9.17) is 11.6 Å². The van der Waals surface area contributed by atoms with Crippen molar-refractivity contribution in [3.8, 4) is 0 Å². The second-order valence-corrected chi connectivity index (χ2v) is 5.02. The summed E-state index contributed by atoms with van der Waals surface area (Å²) in [6.07, 6.45) is 0.801. The van der Waals surface area contributed by atoms with Crippen LogP contribution in [-0.4, -0.2) is 17.0 Å². The first-order valence-electron chi connectivity index (χ1n) is 6.70. The van der Waals surface area contributed by atoms with E-state index in [1.165, 1.54) is 0 Å². The summed E-state index contributed by atoms with van der Waals surface area (Å²) in [6, 6.07) is 9.85. The lowest BCUT2D eigenvalue weighted by Crippen LogP contribution is -2.10. The Morgan fingerprint density at radius 2 is 1.95 bits per heavy atom. The Hall–Kier alpha value is -1.81. The molecule has 0 saturated carbocycles. The molecule has 2 aromatic rings. The molecule has 1 unspecified atom stereocenters. The van der Waals surface area contributed by atoms with Crippen molar-refractivity contribution in [3.05, 3.63) is 46.7 Å². The molecule has 0 aliphatic rings. The summed E-state index contributed by atoms with van der Waals surface area (Å²) >= 11 is 6.02. The molecule has 0 fully saturated rings. The van der Waals surface area contributed by atoms with Gasteiger partial charge in [0.15, 0.2) is 0 Å². The lowest BCUT2D eigenvalue weighted by molar-refractivity contribution is 0.858. The molecule has 0 aliphatic carbocycles. The van der Waals surface area contributed by atoms with Crippen molar-refractivity contribution in [2.75, 3.05) is 17.7 Å². The highest BCUT2D eigenvalue weighted by Crippen LogP contribution is 2.22. The van der Waals surface area contributed by atoms with Crippen LogP contribution in [0.25, 0.3) is 0 Å². The Kier molecular flexibility index (Phi) is 4.79. The number of nitrogens with one attached hydrogen (secondary N) is 2. The summed E-state index contributed by atoms with van der Waals surface area (Å²) in [5, 5.41) is 7.18. The number of rotatable bonds is 5. The summed E-state index contributed by atoms with van der Waals surface area (Å²) in [7, 11) is 1.85. The molecule has 20 heavy (non-hydrogen) atoms. The normalized spacial score (nSPS) is 12.0. The van der Waals surface area contributed by atoms with Gasteiger partial charge in [0.2, 0.25) is 0 Å². The van der Waals surface area contributed by atoms with E-state index < -0.39 is 0 Å². The van der Waals surface area contributed by atoms with Gasteiger partial charge in [0.25, 0.3) is 0 Å². The van der Waals surface area contributed by atoms with E-state index in [9.17, 15) is 0 Å². The molecule has 0 saturated heterocycles. The van der Waals surface area contributed by atoms with Gasteiger partial charge in [-0.3, -0.25) is 0 Å². The maximum absolute atomic E-state index is 6.02. The zero-order valence-corrected chi connectivity index (χ0v) is 12.7. The average Bonchev–Trinajstić information content (AvgIpc) is 2.46. The zero-order valence-electron chi connectivity index (χ0n) is 11.9. The minimum atomic E-state index is 0.123. The smallest absolute Gasteiger partial charge is 0.132 e. The van der Waals surface area contributed by atoms with E-state index in [1.807, 2.05) is 44.3 Å². The van der Waals surface area contributed by atoms with Gasteiger partial charge in [0, 0.05) is 30.6 Å². The number of benzene rings is 1. The number of anilines is 2. The molecule has 2 N–H and O–H groups in total. The first kappa shape index (κ1) is 14.6. The van der Waals surface area contributed by atoms with Crippen LogP contribution in [0, 0.1) is 0 Å². The number of halogens is 1. The first-order chi connectivity index (χ1) is 9.62. The Bertz CT molecular complexity index is 564. The average molecular weight is 291 g/mol. The highest BCUT2D eigenvalue weighted by atomic mass is 35.5. The summed E-state index contributed by atoms with van der Waals surface area (Å²) in [5.41, 5.74) is 1.13. The molecule has 0 spiro atoms. The summed E-state index contributed by atoms with van der Waals surface area (Å²) in [4.78, 5) is 8.87. The molecule has 5 heteroatoms. The number of hydrogen-bond acceptors (Lipinski definition) is 4. The maximum Gasteiger partial charge on any atom is 0.132 e. The number of hydrogen-bond donors (Lipinski definition) is 2. The van der Waals surface area contributed by atoms with Crippen molar-refractivity contribution in [3.63, 3.8) is 0 Å². The van der Waals surface area contributed by atoms with E-state index in [-0.39, 0.29) is 6.04 Å². The van der Waals surface area contributed by atoms with Crippen LogP contribution in [0.2, 0.25) is 5.02 Å². The lowest BCUT2D eigenvalue weighted by Gasteiger charge is -2.16. The van der Waals surface area contributed by atoms with Crippen LogP contribution in [-0.2, 0) is 6.42 Å². The minimum Gasteiger partial charge on any atom is -0.373 e. The summed E-state index contributed by atoms with van der Waals surface area (Å²) in [6.45, 7) is 4.12. The van der Waals surface area contributed by atoms with Gasteiger partial charge in [-0.2, -0.15) is 0 Å². The standard InChI is InChI=1S/C15H19ClN4/c1-4-13-19-14(17-3)9-15(20-13)18-10(2)11-6-5-7-12(16)8-11/h5-10H,4H2,1-3H3,(H2,17,18,19,20). The second-order valence-electron chi connectivity index (χ2n) is 4.58. The predicted octanol–water partition coefficient (Wildman–Crippen LogP) is 3.91. The zero-order chi connectivity index (χ0) is 14.5. The fraction of sp³-hybridized carbons (Fsp3) is 0.333. The van der Waals surface area contributed by atoms with Crippen molar-refractivity contribution in [2.24, 2.45) is 0 Å². The van der Waals surface area contributed by atoms with Crippen LogP contribution in [0.5, 0.6) is 0 Å². The quantitative estimate of drug-likeness (QED) is 0.876. The molecule has 4 nitrogen and oxygen atoms in total. The minimum absolute atomic E-state index is 0.123. The Balaban J connectivity index is 2.20. The molecule has 0 radical (unpaired) electrons. The Morgan fingerprint density at radius 1 is 1.20 bits per heavy atom. The van der Waals surface area contributed by atoms with Crippen molar-refractivity contribution >= 4 is 23.2 Å². The number of nitrogens with zero attached hydrogens (tertiary/aromatic N) is 2. The number of aryl methyl sites for hydroxylation is 1. The molecule has 1 heterocycles. The fourth-order valence-corrected chi connectivity index (χ4v) is 2.14. The van der Waals surface area contributed by atoms with Crippen LogP contribution in [0.15, 0.2) is 30.3 Å². The molecule has 1 aromatic carbocycles. The van der Waals surface area contributed by atoms with Crippen LogP contribution >= 0.6 is 11.6 Å². The van der Waals surface area contributed by atoms with Gasteiger partial charge in [0.05, 0.1) is 0 Å². The maximum atomic E-state index is 6.02. The molecule has 0 aliphatic heterocycles. The Labute approximate surface area is 124 Å². The Morgan fingerprint density at radius 3 is 2.60 bits per heavy atom. The molecule has 1 atom stereocenters. The lowest BCUT2D eigenvalue weighted by atomic mass is 10.1. The topological polar surface area (TPSA) is 49.8 Å². The van der Waals surface area contributed by atoms with Crippen LogP contribution in [0.4, 0.5) is 11.6 Å². The number of aromatic nitrogens is 2. The third-order valence-electron chi connectivity index (χ3n) is 3.06. The van der Waals surface area contributed by atoms with Gasteiger partial charge in [0.1, 0.15) is 17.5 Å². The molecule has 1 aromatic heterocycles. The van der Waals surface area contributed by atoms with Crippen LogP contribution in [0.1, 0.15) is 31.3 Å². The van der Waals surface area contributed by atoms with Gasteiger partial charge in [-0.1, -0.05) is 30.7 Å². The van der Waals surface area contributed by atoms with Crippen molar-refractivity contribution < 1.29 is 0 Å². The molecule has 0 bridgehead atoms. The predicted molar refractivity (Wildman–Crippen MR) is 84.4 cm³/mol. The third-order valence-corrected chi connectivity index (χ3v) is 3.29. The first-order valence-corrected chi connectivity index (χ1v) is 7.08. The highest BCUT2D eigenvalue weighted by Gasteiger charge is 2.08. The van der Waals surface area contributed by atoms with E-state index in [1.54, 1.807) is 0 Å². The van der Waals surface area contributed by atoms with Crippen LogP contribution < -0.4 is 10.6 Å². The molecule has 106 valence electrons. The summed E-state index contributed by atoms with van der Waals surface area (Å²) < 4.78 is 0. The van der Waals surface area contributed by atoms with Crippen molar-refractivity contribution in [1.82, 2.24) is 9.97 Å². The van der Waals surface area contributed by atoms with E-state index in [2.05, 4.69) is 27.5 Å². The SMILES string of the molecule is CCc1nc(NC)cc(NC(C)c2cccc(Cl)c2)n1. The van der Waals surface area contributed by atoms with Gasteiger partial charge < -0.3 is 10.6 Å². The van der Waals surface area contributed by atoms with E-state index in [0.717, 1.165) is 34.5 Å². The van der Waals surface area contributed by atoms with Crippen molar-refractivity contribution in [2.45, 2.75) is 26.3 Å². The third kappa shape index (κ3) is 3.61. The van der Waals surface area contributed by atoms with Gasteiger partial charge in [-0.05, 0) is 24.6 Å².